The van der Waals surface area contributed by atoms with E-state index in [2.05, 4.69) is 5.32 Å². The molecule has 0 atom stereocenters. The lowest BCUT2D eigenvalue weighted by atomic mass is 9.65. The van der Waals surface area contributed by atoms with Gasteiger partial charge in [-0.2, -0.15) is 5.10 Å². The summed E-state index contributed by atoms with van der Waals surface area (Å²) in [5.74, 6) is 1.06. The van der Waals surface area contributed by atoms with E-state index >= 15 is 0 Å². The van der Waals surface area contributed by atoms with Gasteiger partial charge >= 0.3 is 0 Å². The standard InChI is InChI=1S/C23H24N4O2/c24-22(28)20-14-27(17-12-23(13-17)10-11-25-15-23)26-21(20)16-6-8-19(9-7-16)29-18-4-2-1-3-5-18/h1-9,14,17,25H,10-13,15H2,(H2,24,28). The first kappa shape index (κ1) is 17.9. The molecule has 3 aromatic rings. The van der Waals surface area contributed by atoms with E-state index < -0.39 is 5.91 Å². The highest BCUT2D eigenvalue weighted by Gasteiger charge is 2.47. The Balaban J connectivity index is 1.37. The molecule has 5 rings (SSSR count). The molecular weight excluding hydrogens is 364 g/mol. The Labute approximate surface area is 169 Å². The highest BCUT2D eigenvalue weighted by atomic mass is 16.5. The monoisotopic (exact) mass is 388 g/mol. The van der Waals surface area contributed by atoms with Crippen molar-refractivity contribution in [1.82, 2.24) is 15.1 Å². The number of hydrogen-bond donors (Lipinski definition) is 2. The van der Waals surface area contributed by atoms with Crippen LogP contribution in [0.15, 0.2) is 60.8 Å². The minimum atomic E-state index is -0.451. The SMILES string of the molecule is NC(=O)c1cn(C2CC3(CCNC3)C2)nc1-c1ccc(Oc2ccccc2)cc1. The quantitative estimate of drug-likeness (QED) is 0.697. The first-order valence-corrected chi connectivity index (χ1v) is 10.0. The zero-order valence-corrected chi connectivity index (χ0v) is 16.2. The molecule has 2 heterocycles. The number of nitrogens with zero attached hydrogens (tertiary/aromatic N) is 2. The summed E-state index contributed by atoms with van der Waals surface area (Å²) in [6, 6.07) is 17.6. The second kappa shape index (κ2) is 7.04. The Bertz CT molecular complexity index is 1010. The molecule has 2 aromatic carbocycles. The van der Waals surface area contributed by atoms with Crippen molar-refractivity contribution in [3.63, 3.8) is 0 Å². The first-order valence-electron chi connectivity index (χ1n) is 10.0. The van der Waals surface area contributed by atoms with E-state index in [4.69, 9.17) is 15.6 Å². The zero-order valence-electron chi connectivity index (χ0n) is 16.2. The van der Waals surface area contributed by atoms with Crippen molar-refractivity contribution in [2.24, 2.45) is 11.1 Å². The largest absolute Gasteiger partial charge is 0.457 e. The third kappa shape index (κ3) is 3.40. The van der Waals surface area contributed by atoms with E-state index in [-0.39, 0.29) is 0 Å². The third-order valence-corrected chi connectivity index (χ3v) is 6.15. The smallest absolute Gasteiger partial charge is 0.252 e. The predicted molar refractivity (Wildman–Crippen MR) is 111 cm³/mol. The van der Waals surface area contributed by atoms with Gasteiger partial charge in [0.2, 0.25) is 0 Å². The van der Waals surface area contributed by atoms with Crippen LogP contribution in [0.4, 0.5) is 0 Å². The Morgan fingerprint density at radius 3 is 2.48 bits per heavy atom. The van der Waals surface area contributed by atoms with Crippen LogP contribution >= 0.6 is 0 Å². The van der Waals surface area contributed by atoms with Crippen molar-refractivity contribution in [1.29, 1.82) is 0 Å². The summed E-state index contributed by atoms with van der Waals surface area (Å²) in [5.41, 5.74) is 8.02. The van der Waals surface area contributed by atoms with E-state index in [0.29, 0.717) is 22.7 Å². The fraction of sp³-hybridized carbons (Fsp3) is 0.304. The van der Waals surface area contributed by atoms with Gasteiger partial charge in [-0.25, -0.2) is 0 Å². The average molecular weight is 388 g/mol. The summed E-state index contributed by atoms with van der Waals surface area (Å²) in [6.45, 7) is 2.18. The van der Waals surface area contributed by atoms with Crippen LogP contribution in [0.5, 0.6) is 11.5 Å². The topological polar surface area (TPSA) is 82.2 Å². The Morgan fingerprint density at radius 1 is 1.10 bits per heavy atom. The molecule has 0 radical (unpaired) electrons. The number of rotatable bonds is 5. The summed E-state index contributed by atoms with van der Waals surface area (Å²) in [5, 5.41) is 8.20. The molecule has 148 valence electrons. The molecule has 29 heavy (non-hydrogen) atoms. The first-order chi connectivity index (χ1) is 14.1. The normalized spacial score (nSPS) is 23.1. The number of carbonyl (C=O) groups is 1. The summed E-state index contributed by atoms with van der Waals surface area (Å²) >= 11 is 0. The minimum absolute atomic E-state index is 0.336. The molecule has 1 saturated heterocycles. The number of para-hydroxylation sites is 1. The molecule has 0 unspecified atom stereocenters. The Morgan fingerprint density at radius 2 is 1.83 bits per heavy atom. The highest BCUT2D eigenvalue weighted by molar-refractivity contribution is 5.98. The number of ether oxygens (including phenoxy) is 1. The van der Waals surface area contributed by atoms with Crippen molar-refractivity contribution in [3.8, 4) is 22.8 Å². The van der Waals surface area contributed by atoms with Crippen LogP contribution in [0, 0.1) is 5.41 Å². The molecule has 3 N–H and O–H groups in total. The lowest BCUT2D eigenvalue weighted by molar-refractivity contribution is 0.0758. The van der Waals surface area contributed by atoms with Crippen LogP contribution in [0.3, 0.4) is 0 Å². The van der Waals surface area contributed by atoms with E-state index in [9.17, 15) is 4.79 Å². The number of primary amides is 1. The van der Waals surface area contributed by atoms with Crippen molar-refractivity contribution in [2.45, 2.75) is 25.3 Å². The van der Waals surface area contributed by atoms with Crippen LogP contribution in [0.25, 0.3) is 11.3 Å². The maximum absolute atomic E-state index is 12.0. The number of nitrogens with one attached hydrogen (secondary N) is 1. The average Bonchev–Trinajstić information content (AvgIpc) is 3.36. The van der Waals surface area contributed by atoms with Crippen LogP contribution in [-0.4, -0.2) is 28.8 Å². The van der Waals surface area contributed by atoms with E-state index in [1.807, 2.05) is 65.5 Å². The lowest BCUT2D eigenvalue weighted by Crippen LogP contribution is -2.40. The van der Waals surface area contributed by atoms with Gasteiger partial charge in [-0.3, -0.25) is 9.48 Å². The van der Waals surface area contributed by atoms with Crippen molar-refractivity contribution < 1.29 is 9.53 Å². The van der Waals surface area contributed by atoms with Crippen LogP contribution < -0.4 is 15.8 Å². The van der Waals surface area contributed by atoms with Gasteiger partial charge < -0.3 is 15.8 Å². The molecule has 1 aromatic heterocycles. The third-order valence-electron chi connectivity index (χ3n) is 6.15. The van der Waals surface area contributed by atoms with Gasteiger partial charge in [-0.15, -0.1) is 0 Å². The van der Waals surface area contributed by atoms with Crippen LogP contribution in [0.2, 0.25) is 0 Å². The maximum Gasteiger partial charge on any atom is 0.252 e. The maximum atomic E-state index is 12.0. The summed E-state index contributed by atoms with van der Waals surface area (Å²) in [4.78, 5) is 12.0. The van der Waals surface area contributed by atoms with E-state index in [1.54, 1.807) is 0 Å². The number of aromatic nitrogens is 2. The minimum Gasteiger partial charge on any atom is -0.457 e. The van der Waals surface area contributed by atoms with Crippen molar-refractivity contribution in [3.05, 3.63) is 66.4 Å². The van der Waals surface area contributed by atoms with Gasteiger partial charge in [0, 0.05) is 18.3 Å². The summed E-state index contributed by atoms with van der Waals surface area (Å²) in [6.07, 6.45) is 5.24. The van der Waals surface area contributed by atoms with Gasteiger partial charge in [0.05, 0.1) is 11.6 Å². The fourth-order valence-corrected chi connectivity index (χ4v) is 4.55. The van der Waals surface area contributed by atoms with E-state index in [1.165, 1.54) is 6.42 Å². The Hall–Kier alpha value is -3.12. The Kier molecular flexibility index (Phi) is 4.36. The second-order valence-electron chi connectivity index (χ2n) is 8.16. The van der Waals surface area contributed by atoms with Crippen LogP contribution in [0.1, 0.15) is 35.7 Å². The zero-order chi connectivity index (χ0) is 19.8. The number of hydrogen-bond acceptors (Lipinski definition) is 4. The number of amides is 1. The summed E-state index contributed by atoms with van der Waals surface area (Å²) in [7, 11) is 0. The molecule has 0 bridgehead atoms. The van der Waals surface area contributed by atoms with Gasteiger partial charge in [-0.1, -0.05) is 18.2 Å². The molecule has 6 nitrogen and oxygen atoms in total. The lowest BCUT2D eigenvalue weighted by Gasteiger charge is -2.44. The van der Waals surface area contributed by atoms with E-state index in [0.717, 1.165) is 43.0 Å². The number of benzene rings is 2. The molecule has 1 amide bonds. The summed E-state index contributed by atoms with van der Waals surface area (Å²) < 4.78 is 7.79. The van der Waals surface area contributed by atoms with Crippen LogP contribution in [-0.2, 0) is 0 Å². The van der Waals surface area contributed by atoms with Gasteiger partial charge in [0.15, 0.2) is 0 Å². The van der Waals surface area contributed by atoms with Crippen molar-refractivity contribution in [2.75, 3.05) is 13.1 Å². The number of nitrogens with two attached hydrogens (primary N) is 1. The molecule has 1 spiro atoms. The van der Waals surface area contributed by atoms with Gasteiger partial charge in [-0.05, 0) is 67.6 Å². The van der Waals surface area contributed by atoms with Gasteiger partial charge in [0.1, 0.15) is 17.2 Å². The predicted octanol–water partition coefficient (Wildman–Crippen LogP) is 3.76. The second-order valence-corrected chi connectivity index (χ2v) is 8.16. The molecule has 1 aliphatic carbocycles. The molecule has 6 heteroatoms. The molecule has 2 fully saturated rings. The number of carbonyl (C=O) groups excluding carboxylic acids is 1. The molecule has 2 aliphatic rings. The fourth-order valence-electron chi connectivity index (χ4n) is 4.55. The molecule has 1 aliphatic heterocycles. The van der Waals surface area contributed by atoms with Gasteiger partial charge in [0.25, 0.3) is 5.91 Å². The molecular formula is C23H24N4O2. The van der Waals surface area contributed by atoms with Crippen molar-refractivity contribution >= 4 is 5.91 Å². The molecule has 1 saturated carbocycles. The highest BCUT2D eigenvalue weighted by Crippen LogP contribution is 2.52.